The fourth-order valence-corrected chi connectivity index (χ4v) is 1.57. The smallest absolute Gasteiger partial charge is 0.171 e. The summed E-state index contributed by atoms with van der Waals surface area (Å²) in [6, 6.07) is 0. The lowest BCUT2D eigenvalue weighted by atomic mass is 10.6. The van der Waals surface area contributed by atoms with Crippen LogP contribution in [-0.4, -0.2) is 28.3 Å². The molecule has 0 aromatic rings. The predicted molar refractivity (Wildman–Crippen MR) is 57.2 cm³/mol. The molecule has 0 radical (unpaired) electrons. The summed E-state index contributed by atoms with van der Waals surface area (Å²) in [6.07, 6.45) is 2.43. The van der Waals surface area contributed by atoms with E-state index in [-0.39, 0.29) is 11.5 Å². The van der Waals surface area contributed by atoms with Gasteiger partial charge < -0.3 is 0 Å². The maximum absolute atomic E-state index is 10.9. The molecule has 14 heavy (non-hydrogen) atoms. The largest absolute Gasteiger partial charge is 0.224 e. The zero-order valence-electron chi connectivity index (χ0n) is 8.17. The highest BCUT2D eigenvalue weighted by atomic mass is 32.2. The second-order valence-corrected chi connectivity index (χ2v) is 6.91. The maximum atomic E-state index is 10.9. The van der Waals surface area contributed by atoms with Gasteiger partial charge in [0, 0.05) is 10.8 Å². The second kappa shape index (κ2) is 5.31. The Morgan fingerprint density at radius 2 is 1.07 bits per heavy atom. The molecule has 0 fully saturated rings. The molecule has 0 N–H and O–H groups in total. The van der Waals surface area contributed by atoms with Crippen LogP contribution in [0.5, 0.6) is 0 Å². The van der Waals surface area contributed by atoms with Crippen LogP contribution in [0.1, 0.15) is 13.8 Å². The lowest BCUT2D eigenvalue weighted by Gasteiger charge is -1.89. The van der Waals surface area contributed by atoms with E-state index in [4.69, 9.17) is 0 Å². The van der Waals surface area contributed by atoms with Gasteiger partial charge in [0.1, 0.15) is 0 Å². The van der Waals surface area contributed by atoms with Gasteiger partial charge in [-0.1, -0.05) is 26.0 Å². The van der Waals surface area contributed by atoms with Gasteiger partial charge >= 0.3 is 0 Å². The van der Waals surface area contributed by atoms with E-state index in [9.17, 15) is 16.8 Å². The monoisotopic (exact) mass is 238 g/mol. The Morgan fingerprint density at radius 3 is 1.29 bits per heavy atom. The van der Waals surface area contributed by atoms with Gasteiger partial charge in [-0.2, -0.15) is 0 Å². The van der Waals surface area contributed by atoms with Gasteiger partial charge in [-0.3, -0.25) is 0 Å². The standard InChI is InChI=1S/C8H14O4S2/c1-3-13(9,10)7-5-6-8-14(11,12)4-2/h5-8H,3-4H2,1-2H3. The van der Waals surface area contributed by atoms with E-state index < -0.39 is 19.7 Å². The fourth-order valence-electron chi connectivity index (χ4n) is 0.523. The van der Waals surface area contributed by atoms with E-state index in [1.54, 1.807) is 0 Å². The van der Waals surface area contributed by atoms with Crippen molar-refractivity contribution in [1.82, 2.24) is 0 Å². The summed E-state index contributed by atoms with van der Waals surface area (Å²) in [4.78, 5) is 0. The Labute approximate surface area is 85.2 Å². The molecule has 0 unspecified atom stereocenters. The Morgan fingerprint density at radius 1 is 0.786 bits per heavy atom. The van der Waals surface area contributed by atoms with Gasteiger partial charge in [0.15, 0.2) is 19.7 Å². The highest BCUT2D eigenvalue weighted by Crippen LogP contribution is 1.95. The number of allylic oxidation sites excluding steroid dienone is 2. The van der Waals surface area contributed by atoms with Crippen LogP contribution in [0.25, 0.3) is 0 Å². The van der Waals surface area contributed by atoms with Crippen LogP contribution in [0.2, 0.25) is 0 Å². The number of sulfone groups is 2. The molecule has 0 atom stereocenters. The molecule has 0 amide bonds. The molecule has 0 aliphatic rings. The summed E-state index contributed by atoms with van der Waals surface area (Å²) in [5.74, 6) is 0.0235. The quantitative estimate of drug-likeness (QED) is 0.667. The van der Waals surface area contributed by atoms with Crippen molar-refractivity contribution in [1.29, 1.82) is 0 Å². The van der Waals surface area contributed by atoms with E-state index in [1.165, 1.54) is 26.0 Å². The highest BCUT2D eigenvalue weighted by molar-refractivity contribution is 7.94. The normalized spacial score (nSPS) is 14.1. The highest BCUT2D eigenvalue weighted by Gasteiger charge is 2.00. The Bertz CT molecular complexity index is 370. The summed E-state index contributed by atoms with van der Waals surface area (Å²) in [5, 5.41) is 1.99. The van der Waals surface area contributed by atoms with Gasteiger partial charge in [0.25, 0.3) is 0 Å². The van der Waals surface area contributed by atoms with Crippen LogP contribution >= 0.6 is 0 Å². The molecular formula is C8H14O4S2. The van der Waals surface area contributed by atoms with Crippen molar-refractivity contribution < 1.29 is 16.8 Å². The van der Waals surface area contributed by atoms with Crippen molar-refractivity contribution in [2.45, 2.75) is 13.8 Å². The molecule has 6 heteroatoms. The van der Waals surface area contributed by atoms with Crippen LogP contribution in [-0.2, 0) is 19.7 Å². The van der Waals surface area contributed by atoms with Crippen LogP contribution in [0.15, 0.2) is 23.0 Å². The minimum Gasteiger partial charge on any atom is -0.224 e. The first-order valence-corrected chi connectivity index (χ1v) is 7.56. The minimum atomic E-state index is -3.17. The van der Waals surface area contributed by atoms with E-state index in [0.717, 1.165) is 10.8 Å². The van der Waals surface area contributed by atoms with Gasteiger partial charge in [-0.25, -0.2) is 16.8 Å². The van der Waals surface area contributed by atoms with E-state index in [1.807, 2.05) is 0 Å². The van der Waals surface area contributed by atoms with Crippen LogP contribution in [0.4, 0.5) is 0 Å². The van der Waals surface area contributed by atoms with Crippen molar-refractivity contribution in [3.8, 4) is 0 Å². The third-order valence-electron chi connectivity index (χ3n) is 1.49. The molecule has 0 saturated carbocycles. The molecule has 0 aromatic heterocycles. The molecule has 0 spiro atoms. The van der Waals surface area contributed by atoms with Gasteiger partial charge in [-0.15, -0.1) is 0 Å². The Kier molecular flexibility index (Phi) is 5.07. The molecule has 0 heterocycles. The molecule has 0 aromatic carbocycles. The Hall–Kier alpha value is -0.620. The van der Waals surface area contributed by atoms with Crippen molar-refractivity contribution >= 4 is 19.7 Å². The molecule has 0 aliphatic carbocycles. The van der Waals surface area contributed by atoms with Gasteiger partial charge in [0.05, 0.1) is 11.5 Å². The summed E-state index contributed by atoms with van der Waals surface area (Å²) >= 11 is 0. The van der Waals surface area contributed by atoms with Gasteiger partial charge in [-0.05, 0) is 0 Å². The number of rotatable bonds is 5. The average Bonchev–Trinajstić information content (AvgIpc) is 2.13. The summed E-state index contributed by atoms with van der Waals surface area (Å²) in [7, 11) is -6.34. The lowest BCUT2D eigenvalue weighted by molar-refractivity contribution is 0.604. The molecule has 82 valence electrons. The molecule has 0 rings (SSSR count). The number of hydrogen-bond acceptors (Lipinski definition) is 4. The zero-order valence-corrected chi connectivity index (χ0v) is 9.81. The lowest BCUT2D eigenvalue weighted by Crippen LogP contribution is -1.97. The predicted octanol–water partition coefficient (Wildman–Crippen LogP) is 0.883. The third-order valence-corrected chi connectivity index (χ3v) is 4.24. The molecule has 4 nitrogen and oxygen atoms in total. The van der Waals surface area contributed by atoms with E-state index in [2.05, 4.69) is 0 Å². The first kappa shape index (κ1) is 13.4. The van der Waals surface area contributed by atoms with Crippen LogP contribution < -0.4 is 0 Å². The molecule has 0 bridgehead atoms. The molecule has 0 saturated heterocycles. The average molecular weight is 238 g/mol. The Balaban J connectivity index is 4.49. The van der Waals surface area contributed by atoms with Crippen molar-refractivity contribution in [3.63, 3.8) is 0 Å². The summed E-state index contributed by atoms with van der Waals surface area (Å²) in [6.45, 7) is 3.04. The second-order valence-electron chi connectivity index (χ2n) is 2.56. The van der Waals surface area contributed by atoms with Crippen LogP contribution in [0, 0.1) is 0 Å². The van der Waals surface area contributed by atoms with Crippen molar-refractivity contribution in [3.05, 3.63) is 23.0 Å². The van der Waals surface area contributed by atoms with Gasteiger partial charge in [0.2, 0.25) is 0 Å². The topological polar surface area (TPSA) is 68.3 Å². The molecule has 0 aliphatic heterocycles. The SMILES string of the molecule is CCS(=O)(=O)C=CC=CS(=O)(=O)CC. The third kappa shape index (κ3) is 5.93. The minimum absolute atomic E-state index is 0.0118. The summed E-state index contributed by atoms with van der Waals surface area (Å²) < 4.78 is 43.7. The van der Waals surface area contributed by atoms with Crippen molar-refractivity contribution in [2.24, 2.45) is 0 Å². The van der Waals surface area contributed by atoms with Crippen LogP contribution in [0.3, 0.4) is 0 Å². The van der Waals surface area contributed by atoms with E-state index >= 15 is 0 Å². The number of hydrogen-bond donors (Lipinski definition) is 0. The zero-order chi connectivity index (χ0) is 11.2. The first-order chi connectivity index (χ1) is 6.33. The fraction of sp³-hybridized carbons (Fsp3) is 0.500. The van der Waals surface area contributed by atoms with E-state index in [0.29, 0.717) is 0 Å². The van der Waals surface area contributed by atoms with Crippen molar-refractivity contribution in [2.75, 3.05) is 11.5 Å². The first-order valence-electron chi connectivity index (χ1n) is 4.13. The summed E-state index contributed by atoms with van der Waals surface area (Å²) in [5.41, 5.74) is 0. The molecular weight excluding hydrogens is 224 g/mol. The maximum Gasteiger partial charge on any atom is 0.171 e.